The summed E-state index contributed by atoms with van der Waals surface area (Å²) in [7, 11) is 1.63. The van der Waals surface area contributed by atoms with E-state index in [1.807, 2.05) is 24.3 Å². The molecule has 1 aromatic carbocycles. The van der Waals surface area contributed by atoms with Gasteiger partial charge in [-0.05, 0) is 24.3 Å². The molecule has 9 heteroatoms. The number of hydrogen-bond donors (Lipinski definition) is 3. The Morgan fingerprint density at radius 1 is 1.40 bits per heavy atom. The average molecular weight is 389 g/mol. The number of fused-ring (bicyclic) bond motifs is 1. The zero-order valence-electron chi connectivity index (χ0n) is 13.8. The van der Waals surface area contributed by atoms with Crippen LogP contribution in [-0.2, 0) is 17.8 Å². The van der Waals surface area contributed by atoms with Crippen LogP contribution >= 0.6 is 24.8 Å². The molecular weight excluding hydrogens is 367 g/mol. The molecule has 2 aromatic rings. The third-order valence-corrected chi connectivity index (χ3v) is 4.02. The molecule has 0 fully saturated rings. The van der Waals surface area contributed by atoms with Crippen LogP contribution in [0.5, 0.6) is 5.75 Å². The molecule has 1 amide bonds. The predicted octanol–water partition coefficient (Wildman–Crippen LogP) is 1.13. The van der Waals surface area contributed by atoms with Gasteiger partial charge in [0, 0.05) is 18.5 Å². The van der Waals surface area contributed by atoms with Crippen molar-refractivity contribution in [3.63, 3.8) is 0 Å². The first kappa shape index (κ1) is 21.2. The molecule has 0 saturated heterocycles. The highest BCUT2D eigenvalue weighted by atomic mass is 35.5. The van der Waals surface area contributed by atoms with Crippen molar-refractivity contribution in [2.24, 2.45) is 5.73 Å². The van der Waals surface area contributed by atoms with Crippen LogP contribution < -0.4 is 10.5 Å². The van der Waals surface area contributed by atoms with Crippen LogP contribution in [0.2, 0.25) is 0 Å². The van der Waals surface area contributed by atoms with E-state index in [1.165, 1.54) is 0 Å². The van der Waals surface area contributed by atoms with Crippen LogP contribution in [-0.4, -0.2) is 52.2 Å². The topological polar surface area (TPSA) is 104 Å². The fourth-order valence-corrected chi connectivity index (χ4v) is 2.68. The van der Waals surface area contributed by atoms with Crippen LogP contribution in [0.1, 0.15) is 11.4 Å². The van der Waals surface area contributed by atoms with Gasteiger partial charge in [-0.25, -0.2) is 4.98 Å². The second-order valence-electron chi connectivity index (χ2n) is 5.54. The molecule has 0 bridgehead atoms. The number of ether oxygens (including phenoxy) is 1. The van der Waals surface area contributed by atoms with Crippen LogP contribution in [0.4, 0.5) is 0 Å². The van der Waals surface area contributed by atoms with E-state index >= 15 is 0 Å². The van der Waals surface area contributed by atoms with Gasteiger partial charge < -0.3 is 25.5 Å². The van der Waals surface area contributed by atoms with Crippen molar-refractivity contribution in [1.82, 2.24) is 14.9 Å². The summed E-state index contributed by atoms with van der Waals surface area (Å²) in [6.07, 6.45) is 0.672. The quantitative estimate of drug-likeness (QED) is 0.727. The molecule has 7 nitrogen and oxygen atoms in total. The number of methoxy groups -OCH3 is 1. The van der Waals surface area contributed by atoms with E-state index in [-0.39, 0.29) is 37.3 Å². The molecule has 0 spiro atoms. The second kappa shape index (κ2) is 9.05. The maximum atomic E-state index is 12.1. The number of rotatable bonds is 4. The van der Waals surface area contributed by atoms with E-state index in [9.17, 15) is 4.79 Å². The number of benzene rings is 1. The summed E-state index contributed by atoms with van der Waals surface area (Å²) in [5, 5.41) is 9.02. The van der Waals surface area contributed by atoms with E-state index in [0.29, 0.717) is 19.5 Å². The minimum Gasteiger partial charge on any atom is -0.497 e. The fraction of sp³-hybridized carbons (Fsp3) is 0.375. The Morgan fingerprint density at radius 3 is 2.68 bits per heavy atom. The number of H-pyrrole nitrogens is 1. The molecule has 0 aliphatic carbocycles. The van der Waals surface area contributed by atoms with Crippen molar-refractivity contribution in [3.8, 4) is 17.1 Å². The first-order valence-corrected chi connectivity index (χ1v) is 7.49. The van der Waals surface area contributed by atoms with E-state index in [2.05, 4.69) is 9.97 Å². The Hall–Kier alpha value is -1.80. The summed E-state index contributed by atoms with van der Waals surface area (Å²) in [5.41, 5.74) is 8.46. The third kappa shape index (κ3) is 4.43. The molecule has 2 heterocycles. The summed E-state index contributed by atoms with van der Waals surface area (Å²) < 4.78 is 5.15. The number of carbonyl (C=O) groups is 1. The lowest BCUT2D eigenvalue weighted by atomic mass is 10.1. The van der Waals surface area contributed by atoms with Gasteiger partial charge >= 0.3 is 0 Å². The average Bonchev–Trinajstić information content (AvgIpc) is 3.03. The van der Waals surface area contributed by atoms with E-state index < -0.39 is 6.04 Å². The Labute approximate surface area is 158 Å². The first-order chi connectivity index (χ1) is 11.1. The van der Waals surface area contributed by atoms with Crippen molar-refractivity contribution in [2.75, 3.05) is 20.3 Å². The maximum Gasteiger partial charge on any atom is 0.242 e. The van der Waals surface area contributed by atoms with Gasteiger partial charge in [-0.15, -0.1) is 24.8 Å². The van der Waals surface area contributed by atoms with Gasteiger partial charge in [0.05, 0.1) is 31.6 Å². The lowest BCUT2D eigenvalue weighted by Crippen LogP contribution is -2.47. The largest absolute Gasteiger partial charge is 0.497 e. The molecule has 1 aromatic heterocycles. The number of aromatic amines is 1. The Morgan fingerprint density at radius 2 is 2.08 bits per heavy atom. The minimum absolute atomic E-state index is 0. The minimum atomic E-state index is -0.861. The summed E-state index contributed by atoms with van der Waals surface area (Å²) in [6, 6.07) is 6.78. The number of amides is 1. The normalized spacial score (nSPS) is 14.0. The zero-order valence-corrected chi connectivity index (χ0v) is 15.4. The molecule has 0 saturated carbocycles. The lowest BCUT2D eigenvalue weighted by molar-refractivity contribution is -0.134. The van der Waals surface area contributed by atoms with Crippen LogP contribution in [0, 0.1) is 0 Å². The van der Waals surface area contributed by atoms with Crippen LogP contribution in [0.3, 0.4) is 0 Å². The van der Waals surface area contributed by atoms with Gasteiger partial charge in [-0.2, -0.15) is 0 Å². The Balaban J connectivity index is 0.00000156. The molecule has 0 unspecified atom stereocenters. The lowest BCUT2D eigenvalue weighted by Gasteiger charge is -2.28. The molecule has 25 heavy (non-hydrogen) atoms. The SMILES string of the molecule is COc1ccc(-c2nc3c([nH]2)CN(C(=O)[C@@H](N)CO)CC3)cc1.Cl.Cl. The number of aliphatic hydroxyl groups is 1. The summed E-state index contributed by atoms with van der Waals surface area (Å²) in [4.78, 5) is 21.6. The molecule has 3 rings (SSSR count). The number of nitrogens with two attached hydrogens (primary N) is 1. The summed E-state index contributed by atoms with van der Waals surface area (Å²) in [5.74, 6) is 1.33. The van der Waals surface area contributed by atoms with E-state index in [1.54, 1.807) is 12.0 Å². The van der Waals surface area contributed by atoms with E-state index in [0.717, 1.165) is 28.5 Å². The van der Waals surface area contributed by atoms with Gasteiger partial charge in [0.25, 0.3) is 0 Å². The summed E-state index contributed by atoms with van der Waals surface area (Å²) >= 11 is 0. The van der Waals surface area contributed by atoms with Crippen LogP contribution in [0.15, 0.2) is 24.3 Å². The van der Waals surface area contributed by atoms with Crippen molar-refractivity contribution >= 4 is 30.7 Å². The van der Waals surface area contributed by atoms with Crippen molar-refractivity contribution in [2.45, 2.75) is 19.0 Å². The number of nitrogens with zero attached hydrogens (tertiary/aromatic N) is 2. The number of aliphatic hydroxyl groups excluding tert-OH is 1. The van der Waals surface area contributed by atoms with Gasteiger partial charge in [0.15, 0.2) is 0 Å². The highest BCUT2D eigenvalue weighted by Gasteiger charge is 2.26. The number of halogens is 2. The number of aromatic nitrogens is 2. The van der Waals surface area contributed by atoms with E-state index in [4.69, 9.17) is 15.6 Å². The molecular formula is C16H22Cl2N4O3. The van der Waals surface area contributed by atoms with Crippen molar-refractivity contribution < 1.29 is 14.6 Å². The third-order valence-electron chi connectivity index (χ3n) is 4.02. The number of imidazole rings is 1. The number of nitrogens with one attached hydrogen (secondary N) is 1. The highest BCUT2D eigenvalue weighted by molar-refractivity contribution is 5.85. The number of carbonyl (C=O) groups excluding carboxylic acids is 1. The van der Waals surface area contributed by atoms with Crippen LogP contribution in [0.25, 0.3) is 11.4 Å². The predicted molar refractivity (Wildman–Crippen MR) is 99.3 cm³/mol. The van der Waals surface area contributed by atoms with Gasteiger partial charge in [0.2, 0.25) is 5.91 Å². The second-order valence-corrected chi connectivity index (χ2v) is 5.54. The zero-order chi connectivity index (χ0) is 16.4. The highest BCUT2D eigenvalue weighted by Crippen LogP contribution is 2.24. The monoisotopic (exact) mass is 388 g/mol. The smallest absolute Gasteiger partial charge is 0.242 e. The molecule has 1 atom stereocenters. The first-order valence-electron chi connectivity index (χ1n) is 7.49. The molecule has 0 radical (unpaired) electrons. The number of hydrogen-bond acceptors (Lipinski definition) is 5. The molecule has 4 N–H and O–H groups in total. The Bertz CT molecular complexity index is 706. The molecule has 1 aliphatic heterocycles. The van der Waals surface area contributed by atoms with Gasteiger partial charge in [-0.3, -0.25) is 4.79 Å². The standard InChI is InChI=1S/C16H20N4O3.2ClH/c1-23-11-4-2-10(3-5-11)15-18-13-6-7-20(8-14(13)19-15)16(22)12(17)9-21;;/h2-5,12,21H,6-9,17H2,1H3,(H,18,19);2*1H/t12-;;/m0../s1. The molecule has 1 aliphatic rings. The van der Waals surface area contributed by atoms with Gasteiger partial charge in [0.1, 0.15) is 17.6 Å². The summed E-state index contributed by atoms with van der Waals surface area (Å²) in [6.45, 7) is 0.653. The van der Waals surface area contributed by atoms with Crippen molar-refractivity contribution in [1.29, 1.82) is 0 Å². The Kier molecular flexibility index (Phi) is 7.69. The fourth-order valence-electron chi connectivity index (χ4n) is 2.68. The van der Waals surface area contributed by atoms with Gasteiger partial charge in [-0.1, -0.05) is 0 Å². The maximum absolute atomic E-state index is 12.1. The van der Waals surface area contributed by atoms with Crippen molar-refractivity contribution in [3.05, 3.63) is 35.7 Å². The molecule has 138 valence electrons.